The summed E-state index contributed by atoms with van der Waals surface area (Å²) in [6, 6.07) is 9.18. The van der Waals surface area contributed by atoms with Gasteiger partial charge in [0.25, 0.3) is 5.91 Å². The van der Waals surface area contributed by atoms with E-state index < -0.39 is 18.0 Å². The quantitative estimate of drug-likeness (QED) is 0.727. The van der Waals surface area contributed by atoms with Crippen LogP contribution < -0.4 is 10.1 Å². The number of hydrogen-bond acceptors (Lipinski definition) is 4. The summed E-state index contributed by atoms with van der Waals surface area (Å²) in [6.07, 6.45) is -0.837. The van der Waals surface area contributed by atoms with E-state index in [1.807, 2.05) is 0 Å². The standard InChI is InChI=1S/C17H14Cl3NO4/c1-9(25-15-6-3-10(18)7-14(15)20)16(22)21-11-4-5-13(19)12(8-11)17(23)24-2/h3-9H,1-2H3,(H,21,22)/t9-/m0/s1. The molecule has 5 nitrogen and oxygen atoms in total. The minimum Gasteiger partial charge on any atom is -0.479 e. The lowest BCUT2D eigenvalue weighted by atomic mass is 10.2. The zero-order valence-electron chi connectivity index (χ0n) is 13.3. The van der Waals surface area contributed by atoms with E-state index in [2.05, 4.69) is 10.1 Å². The Balaban J connectivity index is 2.09. The fraction of sp³-hybridized carbons (Fsp3) is 0.176. The van der Waals surface area contributed by atoms with Gasteiger partial charge in [0, 0.05) is 10.7 Å². The molecule has 0 heterocycles. The van der Waals surface area contributed by atoms with Crippen LogP contribution in [0.25, 0.3) is 0 Å². The summed E-state index contributed by atoms with van der Waals surface area (Å²) in [7, 11) is 1.25. The van der Waals surface area contributed by atoms with Crippen LogP contribution in [0.15, 0.2) is 36.4 Å². The molecule has 2 rings (SSSR count). The molecule has 8 heteroatoms. The highest BCUT2D eigenvalue weighted by atomic mass is 35.5. The third-order valence-corrected chi connectivity index (χ3v) is 4.07. The highest BCUT2D eigenvalue weighted by Crippen LogP contribution is 2.28. The van der Waals surface area contributed by atoms with Crippen molar-refractivity contribution < 1.29 is 19.1 Å². The Morgan fingerprint density at radius 1 is 1.04 bits per heavy atom. The molecule has 0 fully saturated rings. The molecular weight excluding hydrogens is 389 g/mol. The van der Waals surface area contributed by atoms with Gasteiger partial charge in [0.1, 0.15) is 5.75 Å². The van der Waals surface area contributed by atoms with Gasteiger partial charge < -0.3 is 14.8 Å². The Kier molecular flexibility index (Phi) is 6.53. The van der Waals surface area contributed by atoms with Crippen molar-refractivity contribution in [1.82, 2.24) is 0 Å². The molecule has 0 saturated heterocycles. The predicted molar refractivity (Wildman–Crippen MR) is 98.0 cm³/mol. The van der Waals surface area contributed by atoms with Crippen LogP contribution in [0.4, 0.5) is 5.69 Å². The minimum absolute atomic E-state index is 0.149. The Labute approximate surface area is 159 Å². The lowest BCUT2D eigenvalue weighted by Gasteiger charge is -2.16. The molecule has 1 amide bonds. The van der Waals surface area contributed by atoms with Gasteiger partial charge in [0.2, 0.25) is 0 Å². The fourth-order valence-corrected chi connectivity index (χ4v) is 2.58. The molecule has 25 heavy (non-hydrogen) atoms. The van der Waals surface area contributed by atoms with Gasteiger partial charge in [-0.2, -0.15) is 0 Å². The number of anilines is 1. The van der Waals surface area contributed by atoms with Crippen LogP contribution in [-0.2, 0) is 9.53 Å². The smallest absolute Gasteiger partial charge is 0.339 e. The first-order valence-corrected chi connectivity index (χ1v) is 8.25. The van der Waals surface area contributed by atoms with Gasteiger partial charge in [-0.05, 0) is 43.3 Å². The van der Waals surface area contributed by atoms with Crippen LogP contribution in [0.3, 0.4) is 0 Å². The van der Waals surface area contributed by atoms with E-state index in [0.29, 0.717) is 21.5 Å². The molecule has 0 aliphatic carbocycles. The van der Waals surface area contributed by atoms with E-state index in [0.717, 1.165) is 0 Å². The van der Waals surface area contributed by atoms with Crippen molar-refractivity contribution >= 4 is 52.4 Å². The first-order chi connectivity index (χ1) is 11.8. The number of benzene rings is 2. The molecule has 0 spiro atoms. The number of amides is 1. The van der Waals surface area contributed by atoms with E-state index in [9.17, 15) is 9.59 Å². The number of methoxy groups -OCH3 is 1. The summed E-state index contributed by atoms with van der Waals surface area (Å²) in [5, 5.41) is 3.63. The van der Waals surface area contributed by atoms with Crippen molar-refractivity contribution in [3.05, 3.63) is 57.0 Å². The highest BCUT2D eigenvalue weighted by molar-refractivity contribution is 6.35. The number of carbonyl (C=O) groups is 2. The van der Waals surface area contributed by atoms with Gasteiger partial charge in [-0.15, -0.1) is 0 Å². The SMILES string of the molecule is COC(=O)c1cc(NC(=O)[C@H](C)Oc2ccc(Cl)cc2Cl)ccc1Cl. The maximum absolute atomic E-state index is 12.3. The molecule has 0 saturated carbocycles. The molecule has 0 unspecified atom stereocenters. The van der Waals surface area contributed by atoms with Crippen molar-refractivity contribution in [3.63, 3.8) is 0 Å². The maximum Gasteiger partial charge on any atom is 0.339 e. The van der Waals surface area contributed by atoms with E-state index in [4.69, 9.17) is 39.5 Å². The summed E-state index contributed by atoms with van der Waals surface area (Å²) < 4.78 is 10.2. The predicted octanol–water partition coefficient (Wildman–Crippen LogP) is 4.84. The molecule has 2 aromatic carbocycles. The third kappa shape index (κ3) is 5.01. The Bertz CT molecular complexity index is 810. The zero-order chi connectivity index (χ0) is 18.6. The number of rotatable bonds is 5. The molecule has 1 N–H and O–H groups in total. The van der Waals surface area contributed by atoms with Crippen molar-refractivity contribution in [2.45, 2.75) is 13.0 Å². The largest absolute Gasteiger partial charge is 0.479 e. The van der Waals surface area contributed by atoms with Gasteiger partial charge in [-0.3, -0.25) is 4.79 Å². The van der Waals surface area contributed by atoms with E-state index in [1.54, 1.807) is 25.1 Å². The topological polar surface area (TPSA) is 64.6 Å². The van der Waals surface area contributed by atoms with E-state index in [1.165, 1.54) is 25.3 Å². The minimum atomic E-state index is -0.837. The average Bonchev–Trinajstić information content (AvgIpc) is 2.58. The fourth-order valence-electron chi connectivity index (χ4n) is 1.93. The summed E-state index contributed by atoms with van der Waals surface area (Å²) >= 11 is 17.8. The van der Waals surface area contributed by atoms with Gasteiger partial charge in [-0.25, -0.2) is 4.79 Å². The second-order valence-electron chi connectivity index (χ2n) is 5.01. The number of nitrogens with one attached hydrogen (secondary N) is 1. The van der Waals surface area contributed by atoms with Crippen LogP contribution >= 0.6 is 34.8 Å². The van der Waals surface area contributed by atoms with E-state index >= 15 is 0 Å². The second-order valence-corrected chi connectivity index (χ2v) is 6.26. The Morgan fingerprint density at radius 2 is 1.76 bits per heavy atom. The normalized spacial score (nSPS) is 11.6. The zero-order valence-corrected chi connectivity index (χ0v) is 15.6. The van der Waals surface area contributed by atoms with Crippen LogP contribution in [0.5, 0.6) is 5.75 Å². The number of hydrogen-bond donors (Lipinski definition) is 1. The number of carbonyl (C=O) groups excluding carboxylic acids is 2. The highest BCUT2D eigenvalue weighted by Gasteiger charge is 2.18. The molecule has 132 valence electrons. The van der Waals surface area contributed by atoms with Gasteiger partial charge in [-0.1, -0.05) is 34.8 Å². The number of halogens is 3. The van der Waals surface area contributed by atoms with Crippen LogP contribution in [0, 0.1) is 0 Å². The molecule has 0 aliphatic rings. The van der Waals surface area contributed by atoms with Crippen LogP contribution in [0.2, 0.25) is 15.1 Å². The number of ether oxygens (including phenoxy) is 2. The number of esters is 1. The molecule has 1 atom stereocenters. The van der Waals surface area contributed by atoms with E-state index in [-0.39, 0.29) is 10.6 Å². The third-order valence-electron chi connectivity index (χ3n) is 3.21. The van der Waals surface area contributed by atoms with Crippen molar-refractivity contribution in [2.24, 2.45) is 0 Å². The molecule has 0 bridgehead atoms. The summed E-state index contributed by atoms with van der Waals surface area (Å²) in [5.74, 6) is -0.692. The lowest BCUT2D eigenvalue weighted by molar-refractivity contribution is -0.122. The van der Waals surface area contributed by atoms with Crippen LogP contribution in [0.1, 0.15) is 17.3 Å². The summed E-state index contributed by atoms with van der Waals surface area (Å²) in [5.41, 5.74) is 0.531. The van der Waals surface area contributed by atoms with Crippen molar-refractivity contribution in [2.75, 3.05) is 12.4 Å². The molecule has 0 radical (unpaired) electrons. The van der Waals surface area contributed by atoms with Crippen LogP contribution in [-0.4, -0.2) is 25.1 Å². The van der Waals surface area contributed by atoms with Crippen molar-refractivity contribution in [3.8, 4) is 5.75 Å². The maximum atomic E-state index is 12.3. The monoisotopic (exact) mass is 401 g/mol. The summed E-state index contributed by atoms with van der Waals surface area (Å²) in [4.78, 5) is 23.9. The van der Waals surface area contributed by atoms with Gasteiger partial charge >= 0.3 is 5.97 Å². The van der Waals surface area contributed by atoms with Gasteiger partial charge in [0.05, 0.1) is 22.7 Å². The molecule has 2 aromatic rings. The molecular formula is C17H14Cl3NO4. The summed E-state index contributed by atoms with van der Waals surface area (Å²) in [6.45, 7) is 1.57. The Morgan fingerprint density at radius 3 is 2.40 bits per heavy atom. The second kappa shape index (κ2) is 8.43. The first kappa shape index (κ1) is 19.4. The van der Waals surface area contributed by atoms with Gasteiger partial charge in [0.15, 0.2) is 6.10 Å². The lowest BCUT2D eigenvalue weighted by Crippen LogP contribution is -2.30. The molecule has 0 aromatic heterocycles. The average molecular weight is 403 g/mol. The first-order valence-electron chi connectivity index (χ1n) is 7.12. The Hall–Kier alpha value is -1.95. The van der Waals surface area contributed by atoms with Crippen molar-refractivity contribution in [1.29, 1.82) is 0 Å². The molecule has 0 aliphatic heterocycles.